The van der Waals surface area contributed by atoms with Gasteiger partial charge in [-0.05, 0) is 19.4 Å². The number of halogens is 1. The number of nitrogens with one attached hydrogen (secondary N) is 2. The van der Waals surface area contributed by atoms with E-state index in [-0.39, 0.29) is 28.6 Å². The van der Waals surface area contributed by atoms with Crippen molar-refractivity contribution in [3.05, 3.63) is 45.3 Å². The molecule has 0 fully saturated rings. The van der Waals surface area contributed by atoms with Gasteiger partial charge in [-0.2, -0.15) is 0 Å². The van der Waals surface area contributed by atoms with Gasteiger partial charge in [0, 0.05) is 10.8 Å². The van der Waals surface area contributed by atoms with E-state index in [1.165, 1.54) is 17.8 Å². The van der Waals surface area contributed by atoms with Gasteiger partial charge in [0.05, 0.1) is 12.6 Å². The zero-order valence-corrected chi connectivity index (χ0v) is 16.7. The SMILES string of the molecule is CCC[C@H](CO)Nc1nc(S[C@@H](C)c2ccccc2F)nc2[nH]c(=O)sc12. The standard InChI is InChI=1S/C18H21FN4O2S2/c1-3-6-11(9-24)20-15-14-16(23-18(25)27-14)22-17(21-15)26-10(2)12-7-4-5-8-13(12)19/h4-5,7-8,10-11,24H,3,6,9H2,1-2H3,(H2,20,21,22,23,25)/t10-,11+/m0/s1. The van der Waals surface area contributed by atoms with Crippen LogP contribution in [0.4, 0.5) is 10.2 Å². The monoisotopic (exact) mass is 408 g/mol. The van der Waals surface area contributed by atoms with Crippen LogP contribution in [0.2, 0.25) is 0 Å². The Morgan fingerprint density at radius 3 is 2.85 bits per heavy atom. The lowest BCUT2D eigenvalue weighted by molar-refractivity contribution is 0.268. The van der Waals surface area contributed by atoms with Crippen molar-refractivity contribution in [1.29, 1.82) is 0 Å². The summed E-state index contributed by atoms with van der Waals surface area (Å²) < 4.78 is 14.7. The molecule has 0 aliphatic heterocycles. The number of H-pyrrole nitrogens is 1. The van der Waals surface area contributed by atoms with Gasteiger partial charge >= 0.3 is 4.87 Å². The molecule has 0 bridgehead atoms. The Labute approximate surface area is 164 Å². The fourth-order valence-corrected chi connectivity index (χ4v) is 4.40. The maximum absolute atomic E-state index is 14.0. The van der Waals surface area contributed by atoms with E-state index in [1.807, 2.05) is 13.8 Å². The van der Waals surface area contributed by atoms with Gasteiger partial charge in [0.15, 0.2) is 16.6 Å². The van der Waals surface area contributed by atoms with E-state index in [0.717, 1.165) is 24.2 Å². The van der Waals surface area contributed by atoms with Crippen LogP contribution >= 0.6 is 23.1 Å². The Morgan fingerprint density at radius 2 is 2.15 bits per heavy atom. The summed E-state index contributed by atoms with van der Waals surface area (Å²) in [7, 11) is 0. The van der Waals surface area contributed by atoms with Crippen molar-refractivity contribution in [1.82, 2.24) is 15.0 Å². The first kappa shape index (κ1) is 19.8. The highest BCUT2D eigenvalue weighted by Crippen LogP contribution is 2.36. The largest absolute Gasteiger partial charge is 0.394 e. The van der Waals surface area contributed by atoms with Gasteiger partial charge in [0.25, 0.3) is 0 Å². The minimum absolute atomic E-state index is 0.0350. The van der Waals surface area contributed by atoms with E-state index in [0.29, 0.717) is 26.9 Å². The Bertz CT molecular complexity index is 975. The number of rotatable bonds is 8. The van der Waals surface area contributed by atoms with E-state index >= 15 is 0 Å². The van der Waals surface area contributed by atoms with E-state index in [1.54, 1.807) is 18.2 Å². The summed E-state index contributed by atoms with van der Waals surface area (Å²) >= 11 is 2.34. The highest BCUT2D eigenvalue weighted by Gasteiger charge is 2.18. The lowest BCUT2D eigenvalue weighted by atomic mass is 10.1. The normalized spacial score (nSPS) is 13.6. The third-order valence-corrected chi connectivity index (χ3v) is 5.96. The average molecular weight is 409 g/mol. The number of thiazole rings is 1. The molecule has 0 amide bonds. The molecular formula is C18H21FN4O2S2. The number of aliphatic hydroxyl groups excluding tert-OH is 1. The Balaban J connectivity index is 1.94. The molecule has 144 valence electrons. The molecule has 2 aromatic heterocycles. The molecule has 2 heterocycles. The zero-order valence-electron chi connectivity index (χ0n) is 15.0. The number of hydrogen-bond acceptors (Lipinski definition) is 7. The van der Waals surface area contributed by atoms with Gasteiger partial charge in [0.1, 0.15) is 10.5 Å². The highest BCUT2D eigenvalue weighted by atomic mass is 32.2. The molecule has 0 unspecified atom stereocenters. The van der Waals surface area contributed by atoms with Gasteiger partial charge in [0.2, 0.25) is 0 Å². The number of fused-ring (bicyclic) bond motifs is 1. The van der Waals surface area contributed by atoms with Crippen molar-refractivity contribution in [2.24, 2.45) is 0 Å². The number of nitrogens with zero attached hydrogens (tertiary/aromatic N) is 2. The van der Waals surface area contributed by atoms with Gasteiger partial charge in [-0.1, -0.05) is 54.6 Å². The number of anilines is 1. The maximum atomic E-state index is 14.0. The average Bonchev–Trinajstić information content (AvgIpc) is 3.02. The second kappa shape index (κ2) is 8.81. The quantitative estimate of drug-likeness (QED) is 0.386. The summed E-state index contributed by atoms with van der Waals surface area (Å²) in [6.45, 7) is 3.88. The molecule has 2 atom stereocenters. The summed E-state index contributed by atoms with van der Waals surface area (Å²) in [6.07, 6.45) is 1.68. The van der Waals surface area contributed by atoms with Crippen LogP contribution in [0.3, 0.4) is 0 Å². The van der Waals surface area contributed by atoms with Crippen LogP contribution < -0.4 is 10.2 Å². The molecule has 0 radical (unpaired) electrons. The lowest BCUT2D eigenvalue weighted by Gasteiger charge is -2.17. The number of hydrogen-bond donors (Lipinski definition) is 3. The molecule has 3 N–H and O–H groups in total. The predicted octanol–water partition coefficient (Wildman–Crippen LogP) is 3.94. The first-order valence-electron chi connectivity index (χ1n) is 8.71. The topological polar surface area (TPSA) is 90.9 Å². The smallest absolute Gasteiger partial charge is 0.306 e. The first-order chi connectivity index (χ1) is 13.0. The van der Waals surface area contributed by atoms with Gasteiger partial charge < -0.3 is 10.4 Å². The molecule has 0 saturated carbocycles. The second-order valence-corrected chi connectivity index (χ2v) is 8.43. The van der Waals surface area contributed by atoms with Crippen molar-refractivity contribution < 1.29 is 9.50 Å². The van der Waals surface area contributed by atoms with Crippen molar-refractivity contribution in [2.45, 2.75) is 43.1 Å². The molecule has 3 rings (SSSR count). The lowest BCUT2D eigenvalue weighted by Crippen LogP contribution is -2.24. The second-order valence-electron chi connectivity index (χ2n) is 6.14. The van der Waals surface area contributed by atoms with Gasteiger partial charge in [-0.15, -0.1) is 0 Å². The Kier molecular flexibility index (Phi) is 6.46. The van der Waals surface area contributed by atoms with Gasteiger partial charge in [-0.25, -0.2) is 14.4 Å². The molecule has 6 nitrogen and oxygen atoms in total. The minimum Gasteiger partial charge on any atom is -0.394 e. The highest BCUT2D eigenvalue weighted by molar-refractivity contribution is 7.99. The molecule has 9 heteroatoms. The number of thioether (sulfide) groups is 1. The number of aromatic nitrogens is 3. The van der Waals surface area contributed by atoms with Crippen molar-refractivity contribution in [3.63, 3.8) is 0 Å². The van der Waals surface area contributed by atoms with E-state index in [9.17, 15) is 14.3 Å². The summed E-state index contributed by atoms with van der Waals surface area (Å²) in [5, 5.41) is 13.0. The fourth-order valence-electron chi connectivity index (χ4n) is 2.75. The summed E-state index contributed by atoms with van der Waals surface area (Å²) in [4.78, 5) is 23.2. The molecule has 0 aliphatic carbocycles. The third-order valence-electron chi connectivity index (χ3n) is 4.08. The van der Waals surface area contributed by atoms with Crippen LogP contribution in [0, 0.1) is 5.82 Å². The van der Waals surface area contributed by atoms with Crippen molar-refractivity contribution >= 4 is 39.3 Å². The summed E-state index contributed by atoms with van der Waals surface area (Å²) in [6, 6.07) is 6.45. The van der Waals surface area contributed by atoms with Crippen molar-refractivity contribution in [3.8, 4) is 0 Å². The van der Waals surface area contributed by atoms with E-state index in [2.05, 4.69) is 20.3 Å². The summed E-state index contributed by atoms with van der Waals surface area (Å²) in [5.74, 6) is 0.239. The van der Waals surface area contributed by atoms with Crippen LogP contribution in [0.5, 0.6) is 0 Å². The molecule has 1 aromatic carbocycles. The number of aliphatic hydroxyl groups is 1. The zero-order chi connectivity index (χ0) is 19.4. The molecule has 27 heavy (non-hydrogen) atoms. The van der Waals surface area contributed by atoms with E-state index < -0.39 is 0 Å². The molecule has 0 saturated heterocycles. The molecule has 0 spiro atoms. The fraction of sp³-hybridized carbons (Fsp3) is 0.389. The Morgan fingerprint density at radius 1 is 1.37 bits per heavy atom. The number of aromatic amines is 1. The molecular weight excluding hydrogens is 387 g/mol. The number of benzene rings is 1. The third kappa shape index (κ3) is 4.66. The van der Waals surface area contributed by atoms with Crippen LogP contribution in [0.15, 0.2) is 34.2 Å². The van der Waals surface area contributed by atoms with E-state index in [4.69, 9.17) is 0 Å². The minimum atomic E-state index is -0.274. The van der Waals surface area contributed by atoms with Crippen LogP contribution in [0.25, 0.3) is 10.3 Å². The summed E-state index contributed by atoms with van der Waals surface area (Å²) in [5.41, 5.74) is 1.01. The molecule has 3 aromatic rings. The van der Waals surface area contributed by atoms with Crippen LogP contribution in [-0.4, -0.2) is 32.7 Å². The maximum Gasteiger partial charge on any atom is 0.306 e. The first-order valence-corrected chi connectivity index (χ1v) is 10.4. The van der Waals surface area contributed by atoms with Gasteiger partial charge in [-0.3, -0.25) is 9.78 Å². The van der Waals surface area contributed by atoms with Crippen molar-refractivity contribution in [2.75, 3.05) is 11.9 Å². The predicted molar refractivity (Wildman–Crippen MR) is 108 cm³/mol. The Hall–Kier alpha value is -1.97. The van der Waals surface area contributed by atoms with Crippen LogP contribution in [0.1, 0.15) is 37.5 Å². The molecule has 0 aliphatic rings. The van der Waals surface area contributed by atoms with Crippen LogP contribution in [-0.2, 0) is 0 Å².